The van der Waals surface area contributed by atoms with Gasteiger partial charge in [0.25, 0.3) is 0 Å². The summed E-state index contributed by atoms with van der Waals surface area (Å²) in [6.07, 6.45) is -4.88. The zero-order valence-corrected chi connectivity index (χ0v) is 42.2. The molecule has 0 aromatic heterocycles. The van der Waals surface area contributed by atoms with Gasteiger partial charge in [0, 0.05) is 13.1 Å². The first-order valence-corrected chi connectivity index (χ1v) is 24.4. The monoisotopic (exact) mass is 984 g/mol. The Morgan fingerprint density at radius 2 is 0.776 bits per heavy atom. The molecule has 2 aromatic carbocycles. The third kappa shape index (κ3) is 23.3. The summed E-state index contributed by atoms with van der Waals surface area (Å²) in [5.41, 5.74) is -3.33. The minimum absolute atomic E-state index is 0.0596. The number of carbonyl (C=O) groups is 6. The van der Waals surface area contributed by atoms with Gasteiger partial charge in [-0.25, -0.2) is 19.0 Å². The van der Waals surface area contributed by atoms with Gasteiger partial charge in [-0.05, 0) is 107 Å². The number of ether oxygens (including phenoxy) is 6. The molecule has 67 heavy (non-hydrogen) atoms. The second kappa shape index (κ2) is 24.6. The van der Waals surface area contributed by atoms with Crippen molar-refractivity contribution in [1.29, 1.82) is 0 Å². The molecule has 0 aliphatic heterocycles. The van der Waals surface area contributed by atoms with Gasteiger partial charge in [0.15, 0.2) is 0 Å². The normalized spacial score (nSPS) is 13.5. The fourth-order valence-corrected chi connectivity index (χ4v) is 8.36. The number of nitrogens with one attached hydrogen (secondary N) is 2. The maximum Gasteiger partial charge on any atom is 0.422 e. The molecule has 0 aliphatic rings. The second-order valence-corrected chi connectivity index (χ2v) is 22.5. The van der Waals surface area contributed by atoms with Crippen molar-refractivity contribution in [1.82, 2.24) is 18.1 Å². The van der Waals surface area contributed by atoms with Crippen molar-refractivity contribution in [3.8, 4) is 0 Å². The molecule has 0 fully saturated rings. The summed E-state index contributed by atoms with van der Waals surface area (Å²) in [7, 11) is -10.1. The predicted molar refractivity (Wildman–Crippen MR) is 245 cm³/mol. The Labute approximate surface area is 395 Å². The van der Waals surface area contributed by atoms with Crippen LogP contribution in [0, 0.1) is 0 Å². The zero-order valence-electron chi connectivity index (χ0n) is 40.5. The summed E-state index contributed by atoms with van der Waals surface area (Å²) in [5.74, 6) is -4.23. The molecule has 2 atom stereocenters. The molecule has 2 aromatic rings. The maximum absolute atomic E-state index is 14.1. The average Bonchev–Trinajstić information content (AvgIpc) is 3.15. The zero-order chi connectivity index (χ0) is 51.0. The predicted octanol–water partition coefficient (Wildman–Crippen LogP) is 5.99. The van der Waals surface area contributed by atoms with Crippen molar-refractivity contribution < 1.29 is 74.0 Å². The molecular formula is C45H68N4O16S2. The van der Waals surface area contributed by atoms with Gasteiger partial charge in [-0.2, -0.15) is 25.4 Å². The number of hydrogen-bond donors (Lipinski definition) is 2. The molecule has 0 heterocycles. The minimum Gasteiger partial charge on any atom is -0.460 e. The summed E-state index contributed by atoms with van der Waals surface area (Å²) >= 11 is 0. The van der Waals surface area contributed by atoms with Crippen LogP contribution in [0.1, 0.15) is 126 Å². The third-order valence-corrected chi connectivity index (χ3v) is 11.3. The fourth-order valence-electron chi connectivity index (χ4n) is 5.86. The topological polar surface area (TPSA) is 257 Å². The van der Waals surface area contributed by atoms with Crippen LogP contribution in [0.5, 0.6) is 0 Å². The van der Waals surface area contributed by atoms with E-state index < -0.39 is 117 Å². The first-order chi connectivity index (χ1) is 30.7. The van der Waals surface area contributed by atoms with Gasteiger partial charge in [-0.3, -0.25) is 19.2 Å². The van der Waals surface area contributed by atoms with E-state index in [1.54, 1.807) is 112 Å². The van der Waals surface area contributed by atoms with Crippen molar-refractivity contribution in [2.75, 3.05) is 13.1 Å². The lowest BCUT2D eigenvalue weighted by Gasteiger charge is -2.32. The Kier molecular flexibility index (Phi) is 21.2. The van der Waals surface area contributed by atoms with E-state index in [9.17, 15) is 45.6 Å². The van der Waals surface area contributed by atoms with Crippen molar-refractivity contribution in [2.24, 2.45) is 0 Å². The molecule has 2 unspecified atom stereocenters. The van der Waals surface area contributed by atoms with Crippen LogP contribution in [0.4, 0.5) is 9.59 Å². The Balaban J connectivity index is 2.55. The first-order valence-electron chi connectivity index (χ1n) is 21.6. The number of carbonyl (C=O) groups excluding carboxylic acids is 6. The SMILES string of the molecule is CC(C)(C)OC(=O)CC(C(=O)OC(C)(C)C)N(CCCCCN(C(CC(=O)OC(C)(C)C)C(=O)OC(C)(C)C)S(=O)(=O)NC(=O)OCc1ccccc1)S(=O)(=O)NC(=O)OCc1ccccc1. The smallest absolute Gasteiger partial charge is 0.422 e. The summed E-state index contributed by atoms with van der Waals surface area (Å²) in [6.45, 7) is 16.8. The molecule has 376 valence electrons. The largest absolute Gasteiger partial charge is 0.460 e. The van der Waals surface area contributed by atoms with E-state index in [4.69, 9.17) is 28.4 Å². The van der Waals surface area contributed by atoms with E-state index in [0.717, 1.165) is 0 Å². The number of hydrogen-bond acceptors (Lipinski definition) is 16. The Morgan fingerprint density at radius 1 is 0.478 bits per heavy atom. The Morgan fingerprint density at radius 3 is 1.06 bits per heavy atom. The van der Waals surface area contributed by atoms with Crippen molar-refractivity contribution in [3.05, 3.63) is 71.8 Å². The third-order valence-electron chi connectivity index (χ3n) is 8.34. The number of unbranched alkanes of at least 4 members (excludes halogenated alkanes) is 2. The average molecular weight is 985 g/mol. The second-order valence-electron chi connectivity index (χ2n) is 19.3. The lowest BCUT2D eigenvalue weighted by Crippen LogP contribution is -2.54. The lowest BCUT2D eigenvalue weighted by molar-refractivity contribution is -0.167. The Hall–Kier alpha value is -5.32. The van der Waals surface area contributed by atoms with Crippen LogP contribution in [-0.4, -0.2) is 109 Å². The van der Waals surface area contributed by atoms with Crippen LogP contribution < -0.4 is 9.44 Å². The number of benzene rings is 2. The van der Waals surface area contributed by atoms with E-state index in [-0.39, 0.29) is 32.5 Å². The highest BCUT2D eigenvalue weighted by Crippen LogP contribution is 2.23. The van der Waals surface area contributed by atoms with Crippen molar-refractivity contribution in [3.63, 3.8) is 0 Å². The van der Waals surface area contributed by atoms with Crippen molar-refractivity contribution in [2.45, 2.75) is 163 Å². The fraction of sp³-hybridized carbons (Fsp3) is 0.600. The van der Waals surface area contributed by atoms with Crippen LogP contribution in [-0.2, 0) is 81.2 Å². The van der Waals surface area contributed by atoms with Crippen LogP contribution in [0.2, 0.25) is 0 Å². The van der Waals surface area contributed by atoms with E-state index in [1.165, 1.54) is 41.5 Å². The van der Waals surface area contributed by atoms with E-state index in [0.29, 0.717) is 19.7 Å². The van der Waals surface area contributed by atoms with Crippen molar-refractivity contribution >= 4 is 56.5 Å². The molecule has 0 aliphatic carbocycles. The summed E-state index contributed by atoms with van der Waals surface area (Å²) < 4.78 is 93.2. The number of rotatable bonds is 22. The highest BCUT2D eigenvalue weighted by atomic mass is 32.2. The van der Waals surface area contributed by atoms with E-state index in [1.807, 2.05) is 0 Å². The minimum atomic E-state index is -5.03. The number of amides is 2. The molecule has 0 bridgehead atoms. The van der Waals surface area contributed by atoms with Gasteiger partial charge in [0.1, 0.15) is 47.7 Å². The van der Waals surface area contributed by atoms with Gasteiger partial charge in [-0.15, -0.1) is 0 Å². The number of nitrogens with zero attached hydrogens (tertiary/aromatic N) is 2. The molecule has 0 spiro atoms. The van der Waals surface area contributed by atoms with E-state index >= 15 is 0 Å². The van der Waals surface area contributed by atoms with Gasteiger partial charge < -0.3 is 28.4 Å². The highest BCUT2D eigenvalue weighted by molar-refractivity contribution is 7.88. The van der Waals surface area contributed by atoms with Crippen LogP contribution in [0.25, 0.3) is 0 Å². The molecule has 22 heteroatoms. The lowest BCUT2D eigenvalue weighted by atomic mass is 10.1. The van der Waals surface area contributed by atoms with E-state index in [2.05, 4.69) is 0 Å². The molecule has 0 saturated heterocycles. The molecule has 2 rings (SSSR count). The molecular weight excluding hydrogens is 917 g/mol. The summed E-state index contributed by atoms with van der Waals surface area (Å²) in [4.78, 5) is 79.9. The van der Waals surface area contributed by atoms with Crippen LogP contribution >= 0.6 is 0 Å². The summed E-state index contributed by atoms with van der Waals surface area (Å²) in [6, 6.07) is 13.0. The van der Waals surface area contributed by atoms with Crippen LogP contribution in [0.3, 0.4) is 0 Å². The maximum atomic E-state index is 14.1. The molecule has 2 N–H and O–H groups in total. The van der Waals surface area contributed by atoms with Crippen LogP contribution in [0.15, 0.2) is 60.7 Å². The molecule has 2 amide bonds. The highest BCUT2D eigenvalue weighted by Gasteiger charge is 2.43. The summed E-state index contributed by atoms with van der Waals surface area (Å²) in [5, 5.41) is 0. The first kappa shape index (κ1) is 57.8. The van der Waals surface area contributed by atoms with Gasteiger partial charge in [0.2, 0.25) is 0 Å². The quantitative estimate of drug-likeness (QED) is 0.0780. The standard InChI is InChI=1S/C45H68N4O16S2/c1-42(2,3)62-36(50)28-34(38(52)64-44(7,8)9)48(66(56,57)46-40(54)60-30-32-22-16-13-17-23-32)26-20-15-21-27-49(67(58,59)47-41(55)61-31-33-24-18-14-19-25-33)35(39(53)65-45(10,11)12)29-37(51)63-43(4,5)6/h13-14,16-19,22-25,34-35H,15,20-21,26-31H2,1-12H3,(H,46,54)(H,47,55). The Bertz CT molecular complexity index is 2040. The molecule has 0 radical (unpaired) electrons. The van der Waals surface area contributed by atoms with Gasteiger partial charge >= 0.3 is 56.5 Å². The number of esters is 4. The van der Waals surface area contributed by atoms with Gasteiger partial charge in [-0.1, -0.05) is 67.1 Å². The molecule has 0 saturated carbocycles. The molecule has 20 nitrogen and oxygen atoms in total. The van der Waals surface area contributed by atoms with Gasteiger partial charge in [0.05, 0.1) is 12.8 Å².